The van der Waals surface area contributed by atoms with Crippen LogP contribution >= 0.6 is 0 Å². The van der Waals surface area contributed by atoms with Gasteiger partial charge >= 0.3 is 0 Å². The minimum atomic E-state index is 0.833. The highest BCUT2D eigenvalue weighted by Gasteiger charge is 2.01. The van der Waals surface area contributed by atoms with Gasteiger partial charge in [0.15, 0.2) is 0 Å². The molecule has 10 fully saturated rings. The summed E-state index contributed by atoms with van der Waals surface area (Å²) < 4.78 is 0. The molecule has 0 heterocycles. The third-order valence-electron chi connectivity index (χ3n) is 15.5. The molecule has 0 aromatic rings. The molecule has 0 aliphatic heterocycles. The molecular formula is C70H144. The van der Waals surface area contributed by atoms with Crippen LogP contribution in [0.15, 0.2) is 0 Å². The van der Waals surface area contributed by atoms with Crippen molar-refractivity contribution in [1.29, 1.82) is 0 Å². The molecule has 424 valence electrons. The van der Waals surface area contributed by atoms with Crippen molar-refractivity contribution in [2.45, 2.75) is 440 Å². The molecule has 10 aliphatic carbocycles. The fraction of sp³-hybridized carbons (Fsp3) is 1.00. The summed E-state index contributed by atoms with van der Waals surface area (Å²) >= 11 is 0. The molecule has 0 amide bonds. The summed E-state index contributed by atoms with van der Waals surface area (Å²) in [4.78, 5) is 0. The summed E-state index contributed by atoms with van der Waals surface area (Å²) in [6.07, 6.45) is 93.0. The molecule has 0 heteroatoms. The van der Waals surface area contributed by atoms with E-state index in [1.165, 1.54) is 398 Å². The maximum atomic E-state index is 2.17. The zero-order valence-electron chi connectivity index (χ0n) is 51.0. The van der Waals surface area contributed by atoms with Crippen LogP contribution in [0.1, 0.15) is 440 Å². The van der Waals surface area contributed by atoms with Crippen molar-refractivity contribution in [3.63, 3.8) is 0 Å². The van der Waals surface area contributed by atoms with Crippen molar-refractivity contribution in [2.75, 3.05) is 0 Å². The number of hydrogen-bond donors (Lipinski definition) is 0. The number of hydrogen-bond acceptors (Lipinski definition) is 0. The van der Waals surface area contributed by atoms with Crippen LogP contribution in [0.5, 0.6) is 0 Å². The van der Waals surface area contributed by atoms with E-state index in [0.29, 0.717) is 0 Å². The Hall–Kier alpha value is 0. The molecule has 0 N–H and O–H groups in total. The van der Waals surface area contributed by atoms with E-state index >= 15 is 0 Å². The molecule has 0 nitrogen and oxygen atoms in total. The van der Waals surface area contributed by atoms with Gasteiger partial charge in [0.2, 0.25) is 0 Å². The van der Waals surface area contributed by atoms with E-state index in [2.05, 4.69) is 41.5 Å². The monoisotopic (exact) mass is 985 g/mol. The quantitative estimate of drug-likeness (QED) is 0.227. The Morgan fingerprint density at radius 3 is 0.114 bits per heavy atom. The summed E-state index contributed by atoms with van der Waals surface area (Å²) in [6, 6.07) is 0. The minimum absolute atomic E-state index is 0.833. The van der Waals surface area contributed by atoms with E-state index < -0.39 is 0 Å². The highest BCUT2D eigenvalue weighted by molar-refractivity contribution is 4.56. The van der Waals surface area contributed by atoms with Crippen molar-refractivity contribution >= 4 is 0 Å². The standard InChI is InChI=1S/2C8H16.6C6H12.2C5H10.2C4H10/c2*1-2-4-6-8-7-5-3-1;6*1-2-4-6-5-3-1;2*1-2-4-5-3-1;2*1-4(2)3/h2*1-8H2;6*1-6H2;2*1-5H2;2*4H,1-3H3. The predicted molar refractivity (Wildman–Crippen MR) is 327 cm³/mol. The molecule has 0 bridgehead atoms. The zero-order chi connectivity index (χ0) is 51.0. The van der Waals surface area contributed by atoms with Crippen LogP contribution < -0.4 is 0 Å². The van der Waals surface area contributed by atoms with E-state index in [1.54, 1.807) is 0 Å². The largest absolute Gasteiger partial charge is 0.0630 e. The molecule has 10 saturated carbocycles. The van der Waals surface area contributed by atoms with Gasteiger partial charge in [0.25, 0.3) is 0 Å². The van der Waals surface area contributed by atoms with E-state index in [-0.39, 0.29) is 0 Å². The van der Waals surface area contributed by atoms with E-state index in [4.69, 9.17) is 0 Å². The fourth-order valence-corrected chi connectivity index (χ4v) is 11.0. The van der Waals surface area contributed by atoms with Gasteiger partial charge in [-0.05, 0) is 11.8 Å². The SMILES string of the molecule is C1CCCC1.C1CCCC1.C1CCCCC1.C1CCCCC1.C1CCCCC1.C1CCCCC1.C1CCCCC1.C1CCCCC1.C1CCCCCCC1.C1CCCCCCC1.CC(C)C.CC(C)C. The highest BCUT2D eigenvalue weighted by atomic mass is 14.1. The minimum Gasteiger partial charge on any atom is -0.0630 e. The maximum absolute atomic E-state index is 2.17. The summed E-state index contributed by atoms with van der Waals surface area (Å²) in [7, 11) is 0. The lowest BCUT2D eigenvalue weighted by molar-refractivity contribution is 0.504. The Kier molecular flexibility index (Phi) is 71.0. The number of rotatable bonds is 0. The Morgan fingerprint density at radius 2 is 0.100 bits per heavy atom. The third-order valence-corrected chi connectivity index (χ3v) is 15.5. The summed E-state index contributed by atoms with van der Waals surface area (Å²) in [5.74, 6) is 1.67. The van der Waals surface area contributed by atoms with Crippen molar-refractivity contribution in [3.05, 3.63) is 0 Å². The average Bonchev–Trinajstić information content (AvgIpc) is 4.20. The smallest absolute Gasteiger partial charge is 0.0500 e. The molecule has 10 rings (SSSR count). The van der Waals surface area contributed by atoms with Crippen molar-refractivity contribution in [3.8, 4) is 0 Å². The average molecular weight is 986 g/mol. The Bertz CT molecular complexity index is 529. The molecule has 10 aliphatic rings. The molecule has 0 radical (unpaired) electrons. The maximum Gasteiger partial charge on any atom is -0.0500 e. The normalized spacial score (nSPS) is 22.3. The van der Waals surface area contributed by atoms with Gasteiger partial charge in [0.05, 0.1) is 0 Å². The lowest BCUT2D eigenvalue weighted by atomic mass is 10.0. The predicted octanol–water partition coefficient (Wildman–Crippen LogP) is 27.5. The second-order valence-corrected chi connectivity index (χ2v) is 25.4. The lowest BCUT2D eigenvalue weighted by Crippen LogP contribution is -1.85. The van der Waals surface area contributed by atoms with Crippen molar-refractivity contribution < 1.29 is 0 Å². The van der Waals surface area contributed by atoms with Crippen LogP contribution in [0.3, 0.4) is 0 Å². The first kappa shape index (κ1) is 72.1. The van der Waals surface area contributed by atoms with Gasteiger partial charge in [-0.3, -0.25) is 0 Å². The van der Waals surface area contributed by atoms with Crippen LogP contribution in [-0.4, -0.2) is 0 Å². The Morgan fingerprint density at radius 1 is 0.0857 bits per heavy atom. The van der Waals surface area contributed by atoms with Crippen LogP contribution in [0, 0.1) is 11.8 Å². The third kappa shape index (κ3) is 79.4. The van der Waals surface area contributed by atoms with Gasteiger partial charge in [-0.25, -0.2) is 0 Å². The van der Waals surface area contributed by atoms with E-state index in [0.717, 1.165) is 11.8 Å². The Labute approximate surface area is 449 Å². The first-order valence-corrected chi connectivity index (χ1v) is 34.5. The van der Waals surface area contributed by atoms with Gasteiger partial charge in [-0.15, -0.1) is 0 Å². The first-order valence-electron chi connectivity index (χ1n) is 34.5. The zero-order valence-corrected chi connectivity index (χ0v) is 51.0. The van der Waals surface area contributed by atoms with Crippen molar-refractivity contribution in [1.82, 2.24) is 0 Å². The fourth-order valence-electron chi connectivity index (χ4n) is 11.0. The highest BCUT2D eigenvalue weighted by Crippen LogP contribution is 2.20. The van der Waals surface area contributed by atoms with Gasteiger partial charge < -0.3 is 0 Å². The topological polar surface area (TPSA) is 0 Å². The molecule has 0 aromatic carbocycles. The van der Waals surface area contributed by atoms with E-state index in [1.807, 2.05) is 0 Å². The molecule has 0 saturated heterocycles. The Balaban J connectivity index is 0. The molecule has 0 unspecified atom stereocenters. The van der Waals surface area contributed by atoms with Gasteiger partial charge in [0, 0.05) is 0 Å². The first-order chi connectivity index (χ1) is 34.5. The summed E-state index contributed by atoms with van der Waals surface area (Å²) in [5, 5.41) is 0. The molecular weight excluding hydrogens is 841 g/mol. The van der Waals surface area contributed by atoms with Crippen LogP contribution in [-0.2, 0) is 0 Å². The molecule has 70 heavy (non-hydrogen) atoms. The van der Waals surface area contributed by atoms with Gasteiger partial charge in [0.1, 0.15) is 0 Å². The van der Waals surface area contributed by atoms with Gasteiger partial charge in [-0.2, -0.15) is 0 Å². The van der Waals surface area contributed by atoms with Crippen molar-refractivity contribution in [2.24, 2.45) is 11.8 Å². The second kappa shape index (κ2) is 69.0. The summed E-state index contributed by atoms with van der Waals surface area (Å²) in [6.45, 7) is 13.0. The lowest BCUT2D eigenvalue weighted by Gasteiger charge is -2.05. The van der Waals surface area contributed by atoms with Gasteiger partial charge in [-0.1, -0.05) is 440 Å². The van der Waals surface area contributed by atoms with Crippen LogP contribution in [0.4, 0.5) is 0 Å². The van der Waals surface area contributed by atoms with Crippen LogP contribution in [0.25, 0.3) is 0 Å². The molecule has 0 spiro atoms. The summed E-state index contributed by atoms with van der Waals surface area (Å²) in [5.41, 5.74) is 0. The van der Waals surface area contributed by atoms with E-state index in [9.17, 15) is 0 Å². The molecule has 0 atom stereocenters. The molecule has 0 aromatic heterocycles. The van der Waals surface area contributed by atoms with Crippen LogP contribution in [0.2, 0.25) is 0 Å². The second-order valence-electron chi connectivity index (χ2n) is 25.4.